The van der Waals surface area contributed by atoms with E-state index in [1.807, 2.05) is 17.5 Å². The van der Waals surface area contributed by atoms with E-state index in [9.17, 15) is 14.7 Å². The van der Waals surface area contributed by atoms with Crippen LogP contribution >= 0.6 is 11.3 Å². The summed E-state index contributed by atoms with van der Waals surface area (Å²) in [5.74, 6) is 0.498. The zero-order valence-electron chi connectivity index (χ0n) is 21.8. The Kier molecular flexibility index (Phi) is 6.22. The summed E-state index contributed by atoms with van der Waals surface area (Å²) in [7, 11) is 0. The number of amides is 2. The molecule has 204 valence electrons. The molecule has 0 saturated heterocycles. The fourth-order valence-electron chi connectivity index (χ4n) is 5.65. The van der Waals surface area contributed by atoms with E-state index in [0.717, 1.165) is 41.5 Å². The van der Waals surface area contributed by atoms with Crippen molar-refractivity contribution in [2.24, 2.45) is 11.1 Å². The molecule has 0 bridgehead atoms. The van der Waals surface area contributed by atoms with Crippen LogP contribution in [0.4, 0.5) is 0 Å². The minimum absolute atomic E-state index is 0.0318. The molecule has 39 heavy (non-hydrogen) atoms. The molecule has 4 heterocycles. The van der Waals surface area contributed by atoms with Crippen molar-refractivity contribution in [3.63, 3.8) is 0 Å². The average Bonchev–Trinajstić information content (AvgIpc) is 3.45. The minimum atomic E-state index is -0.944. The number of aromatic nitrogens is 3. The number of carbonyl (C=O) groups is 2. The van der Waals surface area contributed by atoms with Gasteiger partial charge in [-0.05, 0) is 74.6 Å². The van der Waals surface area contributed by atoms with E-state index in [4.69, 9.17) is 15.2 Å². The molecule has 4 aromatic rings. The highest BCUT2D eigenvalue weighted by Gasteiger charge is 2.54. The number of thiophene rings is 1. The number of nitrogens with two attached hydrogens (primary N) is 1. The van der Waals surface area contributed by atoms with E-state index in [1.54, 1.807) is 54.2 Å². The first-order valence-electron chi connectivity index (χ1n) is 13.0. The monoisotopic (exact) mass is 549 g/mol. The number of nitrogens with zero attached hydrogens (tertiary/aromatic N) is 3. The molecule has 2 saturated carbocycles. The van der Waals surface area contributed by atoms with E-state index in [0.29, 0.717) is 22.7 Å². The summed E-state index contributed by atoms with van der Waals surface area (Å²) < 4.78 is 14.5. The number of carbonyl (C=O) groups excluding carboxylic acids is 2. The van der Waals surface area contributed by atoms with Gasteiger partial charge in [0.05, 0.1) is 45.7 Å². The summed E-state index contributed by atoms with van der Waals surface area (Å²) in [5, 5.41) is 19.3. The van der Waals surface area contributed by atoms with Crippen LogP contribution in [0.1, 0.15) is 55.5 Å². The first kappa shape index (κ1) is 25.6. The fraction of sp³-hybridized carbons (Fsp3) is 0.429. The number of fused-ring (bicyclic) bond motifs is 2. The number of hydrogen-bond acceptors (Lipinski definition) is 8. The SMILES string of the molecule is CC(C)(O)COc1ccc2c(C(=O)NC3CC4(C3)CC(Oc3nc5ccsc5cc3CC(N)=O)C4)cnn2c1. The summed E-state index contributed by atoms with van der Waals surface area (Å²) in [5.41, 5.74) is 7.45. The van der Waals surface area contributed by atoms with Crippen LogP contribution in [0.25, 0.3) is 15.7 Å². The number of rotatable bonds is 9. The van der Waals surface area contributed by atoms with Crippen LogP contribution < -0.4 is 20.5 Å². The molecule has 4 aromatic heterocycles. The standard InChI is InChI=1S/C28H31N5O5S/c1-27(2,36)15-37-18-3-4-22-20(13-30-33(22)14-18)25(35)31-17-9-28(10-17)11-19(12-28)38-26-16(8-24(29)34)7-23-21(32-26)5-6-39-23/h3-7,13-14,17,19,36H,8-12,15H2,1-2H3,(H2,29,34)(H,31,35). The quantitative estimate of drug-likeness (QED) is 0.291. The minimum Gasteiger partial charge on any atom is -0.489 e. The lowest BCUT2D eigenvalue weighted by molar-refractivity contribution is -0.117. The Morgan fingerprint density at radius 1 is 1.26 bits per heavy atom. The van der Waals surface area contributed by atoms with E-state index in [2.05, 4.69) is 15.4 Å². The van der Waals surface area contributed by atoms with Gasteiger partial charge in [-0.2, -0.15) is 5.10 Å². The molecule has 11 heteroatoms. The third kappa shape index (κ3) is 5.28. The van der Waals surface area contributed by atoms with Gasteiger partial charge in [0, 0.05) is 11.6 Å². The predicted octanol–water partition coefficient (Wildman–Crippen LogP) is 3.24. The molecule has 1 spiro atoms. The van der Waals surface area contributed by atoms with Crippen molar-refractivity contribution in [2.75, 3.05) is 6.61 Å². The highest BCUT2D eigenvalue weighted by atomic mass is 32.1. The Bertz CT molecular complexity index is 1560. The van der Waals surface area contributed by atoms with Crippen molar-refractivity contribution >= 4 is 38.9 Å². The zero-order valence-corrected chi connectivity index (χ0v) is 22.7. The zero-order chi connectivity index (χ0) is 27.4. The summed E-state index contributed by atoms with van der Waals surface area (Å²) in [6, 6.07) is 7.56. The summed E-state index contributed by atoms with van der Waals surface area (Å²) in [6.45, 7) is 3.50. The molecule has 2 aliphatic rings. The maximum Gasteiger partial charge on any atom is 0.255 e. The number of primary amides is 1. The Balaban J connectivity index is 1.03. The summed E-state index contributed by atoms with van der Waals surface area (Å²) in [4.78, 5) is 29.2. The van der Waals surface area contributed by atoms with Crippen molar-refractivity contribution in [3.8, 4) is 11.6 Å². The van der Waals surface area contributed by atoms with Gasteiger partial charge in [0.25, 0.3) is 5.91 Å². The van der Waals surface area contributed by atoms with Gasteiger partial charge in [-0.1, -0.05) is 0 Å². The molecule has 0 unspecified atom stereocenters. The highest BCUT2D eigenvalue weighted by molar-refractivity contribution is 7.17. The van der Waals surface area contributed by atoms with E-state index < -0.39 is 11.5 Å². The fourth-order valence-corrected chi connectivity index (χ4v) is 6.44. The third-order valence-corrected chi connectivity index (χ3v) is 8.31. The van der Waals surface area contributed by atoms with Crippen LogP contribution in [0.5, 0.6) is 11.6 Å². The van der Waals surface area contributed by atoms with Gasteiger partial charge in [0.15, 0.2) is 0 Å². The Labute approximate surface area is 229 Å². The topological polar surface area (TPSA) is 141 Å². The molecule has 0 atom stereocenters. The second-order valence-electron chi connectivity index (χ2n) is 11.5. The first-order valence-corrected chi connectivity index (χ1v) is 13.9. The molecular formula is C28H31N5O5S. The highest BCUT2D eigenvalue weighted by Crippen LogP contribution is 2.57. The van der Waals surface area contributed by atoms with Gasteiger partial charge in [-0.25, -0.2) is 9.50 Å². The molecule has 2 amide bonds. The second-order valence-corrected chi connectivity index (χ2v) is 12.4. The number of nitrogens with one attached hydrogen (secondary N) is 1. The predicted molar refractivity (Wildman–Crippen MR) is 146 cm³/mol. The van der Waals surface area contributed by atoms with E-state index in [1.165, 1.54) is 0 Å². The Morgan fingerprint density at radius 2 is 2.05 bits per heavy atom. The van der Waals surface area contributed by atoms with Crippen molar-refractivity contribution < 1.29 is 24.2 Å². The number of pyridine rings is 2. The smallest absolute Gasteiger partial charge is 0.255 e. The van der Waals surface area contributed by atoms with Gasteiger partial charge >= 0.3 is 0 Å². The molecule has 2 fully saturated rings. The number of aliphatic hydroxyl groups is 1. The molecule has 0 aliphatic heterocycles. The summed E-state index contributed by atoms with van der Waals surface area (Å²) >= 11 is 1.57. The third-order valence-electron chi connectivity index (χ3n) is 7.46. The largest absolute Gasteiger partial charge is 0.489 e. The molecule has 6 rings (SSSR count). The van der Waals surface area contributed by atoms with Gasteiger partial charge in [0.2, 0.25) is 11.8 Å². The van der Waals surface area contributed by atoms with Gasteiger partial charge in [0.1, 0.15) is 18.5 Å². The van der Waals surface area contributed by atoms with Gasteiger partial charge in [-0.3, -0.25) is 9.59 Å². The lowest BCUT2D eigenvalue weighted by Gasteiger charge is -2.57. The maximum atomic E-state index is 13.0. The Morgan fingerprint density at radius 3 is 2.79 bits per heavy atom. The van der Waals surface area contributed by atoms with Crippen LogP contribution in [0.2, 0.25) is 0 Å². The second kappa shape index (κ2) is 9.49. The van der Waals surface area contributed by atoms with Gasteiger partial charge in [-0.15, -0.1) is 11.3 Å². The molecular weight excluding hydrogens is 518 g/mol. The molecule has 0 radical (unpaired) electrons. The van der Waals surface area contributed by atoms with E-state index >= 15 is 0 Å². The van der Waals surface area contributed by atoms with Crippen LogP contribution in [0.3, 0.4) is 0 Å². The molecule has 10 nitrogen and oxygen atoms in total. The molecule has 2 aliphatic carbocycles. The number of hydrogen-bond donors (Lipinski definition) is 3. The molecule has 4 N–H and O–H groups in total. The lowest BCUT2D eigenvalue weighted by atomic mass is 9.53. The van der Waals surface area contributed by atoms with Crippen molar-refractivity contribution in [3.05, 3.63) is 53.2 Å². The maximum absolute atomic E-state index is 13.0. The van der Waals surface area contributed by atoms with Crippen molar-refractivity contribution in [2.45, 2.75) is 63.7 Å². The van der Waals surface area contributed by atoms with Crippen molar-refractivity contribution in [1.82, 2.24) is 19.9 Å². The van der Waals surface area contributed by atoms with Crippen molar-refractivity contribution in [1.29, 1.82) is 0 Å². The molecule has 0 aromatic carbocycles. The van der Waals surface area contributed by atoms with Crippen LogP contribution in [-0.4, -0.2) is 55.9 Å². The summed E-state index contributed by atoms with van der Waals surface area (Å²) in [6.07, 6.45) is 6.98. The average molecular weight is 550 g/mol. The first-order chi connectivity index (χ1) is 18.6. The van der Waals surface area contributed by atoms with Gasteiger partial charge < -0.3 is 25.6 Å². The lowest BCUT2D eigenvalue weighted by Crippen LogP contribution is -2.58. The van der Waals surface area contributed by atoms with Crippen LogP contribution in [0, 0.1) is 5.41 Å². The van der Waals surface area contributed by atoms with Crippen LogP contribution in [0.15, 0.2) is 42.0 Å². The van der Waals surface area contributed by atoms with E-state index in [-0.39, 0.29) is 36.5 Å². The van der Waals surface area contributed by atoms with Crippen LogP contribution in [-0.2, 0) is 11.2 Å². The normalized spacial score (nSPS) is 22.4. The Hall–Kier alpha value is -3.70. The number of ether oxygens (including phenoxy) is 2.